The summed E-state index contributed by atoms with van der Waals surface area (Å²) in [6, 6.07) is 15.6. The van der Waals surface area contributed by atoms with Gasteiger partial charge < -0.3 is 0 Å². The number of aromatic nitrogens is 2. The van der Waals surface area contributed by atoms with Crippen LogP contribution in [0.15, 0.2) is 65.7 Å². The minimum atomic E-state index is -3.82. The smallest absolute Gasteiger partial charge is 0.247 e. The quantitative estimate of drug-likeness (QED) is 0.357. The number of hydrogen-bond donors (Lipinski definition) is 0. The fraction of sp³-hybridized carbons (Fsp3) is 0.296. The first-order chi connectivity index (χ1) is 17.2. The zero-order valence-electron chi connectivity index (χ0n) is 20.5. The topological polar surface area (TPSA) is 83.5 Å². The number of aryl methyl sites for hydroxylation is 3. The van der Waals surface area contributed by atoms with Crippen molar-refractivity contribution < 1.29 is 13.2 Å². The standard InChI is InChI=1S/C27H28N4O3S2/c1-18-9-11-22(12-10-18)36(33,34)31-14-6-8-24(31)26(32)30(17-21-7-4-5-13-28-21)27-29-23-16-19(2)15-20(3)25(23)35-27/h4-5,7,9-13,15-16,24H,6,8,14,17H2,1-3H3. The van der Waals surface area contributed by atoms with Crippen molar-refractivity contribution in [1.82, 2.24) is 14.3 Å². The van der Waals surface area contributed by atoms with Gasteiger partial charge in [-0.15, -0.1) is 0 Å². The number of sulfonamides is 1. The largest absolute Gasteiger partial charge is 0.281 e. The minimum absolute atomic E-state index is 0.204. The van der Waals surface area contributed by atoms with E-state index in [0.29, 0.717) is 30.2 Å². The molecule has 3 heterocycles. The van der Waals surface area contributed by atoms with Crippen LogP contribution in [0.3, 0.4) is 0 Å². The molecular formula is C27H28N4O3S2. The number of nitrogens with zero attached hydrogens (tertiary/aromatic N) is 4. The maximum atomic E-state index is 14.1. The second kappa shape index (κ2) is 9.72. The van der Waals surface area contributed by atoms with Gasteiger partial charge in [-0.2, -0.15) is 4.31 Å². The highest BCUT2D eigenvalue weighted by atomic mass is 32.2. The SMILES string of the molecule is Cc1ccc(S(=O)(=O)N2CCCC2C(=O)N(Cc2ccccn2)c2nc3cc(C)cc(C)c3s2)cc1. The van der Waals surface area contributed by atoms with Crippen molar-refractivity contribution in [2.75, 3.05) is 11.4 Å². The van der Waals surface area contributed by atoms with Crippen LogP contribution in [0.1, 0.15) is 35.2 Å². The number of fused-ring (bicyclic) bond motifs is 1. The van der Waals surface area contributed by atoms with Crippen molar-refractivity contribution in [3.8, 4) is 0 Å². The highest BCUT2D eigenvalue weighted by Gasteiger charge is 2.42. The molecule has 186 valence electrons. The Kier molecular flexibility index (Phi) is 6.63. The first-order valence-electron chi connectivity index (χ1n) is 11.9. The molecule has 0 aliphatic carbocycles. The van der Waals surface area contributed by atoms with Crippen molar-refractivity contribution in [2.45, 2.75) is 51.1 Å². The summed E-state index contributed by atoms with van der Waals surface area (Å²) >= 11 is 1.45. The lowest BCUT2D eigenvalue weighted by atomic mass is 10.1. The van der Waals surface area contributed by atoms with Gasteiger partial charge in [-0.05, 0) is 75.1 Å². The Labute approximate surface area is 215 Å². The van der Waals surface area contributed by atoms with E-state index < -0.39 is 16.1 Å². The molecule has 9 heteroatoms. The third-order valence-electron chi connectivity index (χ3n) is 6.47. The van der Waals surface area contributed by atoms with Crippen molar-refractivity contribution in [2.24, 2.45) is 0 Å². The summed E-state index contributed by atoms with van der Waals surface area (Å²) in [7, 11) is -3.82. The van der Waals surface area contributed by atoms with Gasteiger partial charge in [-0.3, -0.25) is 14.7 Å². The third kappa shape index (κ3) is 4.66. The summed E-state index contributed by atoms with van der Waals surface area (Å²) in [5, 5.41) is 0.550. The van der Waals surface area contributed by atoms with Gasteiger partial charge in [0.2, 0.25) is 15.9 Å². The highest BCUT2D eigenvalue weighted by Crippen LogP contribution is 2.35. The Morgan fingerprint density at radius 3 is 2.58 bits per heavy atom. The van der Waals surface area contributed by atoms with Crippen LogP contribution in [0, 0.1) is 20.8 Å². The van der Waals surface area contributed by atoms with Crippen LogP contribution in [0.25, 0.3) is 10.2 Å². The van der Waals surface area contributed by atoms with E-state index in [-0.39, 0.29) is 17.3 Å². The van der Waals surface area contributed by atoms with Crippen LogP contribution in [0.5, 0.6) is 0 Å². The summed E-state index contributed by atoms with van der Waals surface area (Å²) in [5.41, 5.74) is 4.73. The van der Waals surface area contributed by atoms with Crippen LogP contribution in [-0.2, 0) is 21.4 Å². The van der Waals surface area contributed by atoms with E-state index in [1.54, 1.807) is 35.4 Å². The normalized spacial score (nSPS) is 16.5. The maximum Gasteiger partial charge on any atom is 0.247 e. The lowest BCUT2D eigenvalue weighted by Gasteiger charge is -2.28. The zero-order chi connectivity index (χ0) is 25.4. The number of pyridine rings is 1. The average Bonchev–Trinajstić information content (AvgIpc) is 3.51. The minimum Gasteiger partial charge on any atom is -0.281 e. The Bertz CT molecular complexity index is 1520. The Morgan fingerprint density at radius 2 is 1.86 bits per heavy atom. The summed E-state index contributed by atoms with van der Waals surface area (Å²) in [4.78, 5) is 25.1. The summed E-state index contributed by atoms with van der Waals surface area (Å²) in [6.45, 7) is 6.49. The van der Waals surface area contributed by atoms with Gasteiger partial charge in [0.25, 0.3) is 0 Å². The van der Waals surface area contributed by atoms with Crippen molar-refractivity contribution in [1.29, 1.82) is 0 Å². The average molecular weight is 521 g/mol. The second-order valence-electron chi connectivity index (χ2n) is 9.26. The molecule has 1 aliphatic heterocycles. The van der Waals surface area contributed by atoms with Gasteiger partial charge in [0.15, 0.2) is 5.13 Å². The predicted molar refractivity (Wildman–Crippen MR) is 143 cm³/mol. The molecule has 0 spiro atoms. The van der Waals surface area contributed by atoms with E-state index in [4.69, 9.17) is 4.98 Å². The van der Waals surface area contributed by atoms with Gasteiger partial charge in [-0.25, -0.2) is 13.4 Å². The molecule has 7 nitrogen and oxygen atoms in total. The molecule has 1 unspecified atom stereocenters. The molecule has 0 radical (unpaired) electrons. The van der Waals surface area contributed by atoms with Crippen LogP contribution < -0.4 is 4.90 Å². The molecule has 2 aromatic heterocycles. The lowest BCUT2D eigenvalue weighted by Crippen LogP contribution is -2.47. The number of thiazole rings is 1. The van der Waals surface area contributed by atoms with Crippen molar-refractivity contribution >= 4 is 42.6 Å². The molecule has 0 bridgehead atoms. The van der Waals surface area contributed by atoms with Crippen LogP contribution in [0.2, 0.25) is 0 Å². The number of carbonyl (C=O) groups is 1. The molecule has 0 N–H and O–H groups in total. The maximum absolute atomic E-state index is 14.1. The monoisotopic (exact) mass is 520 g/mol. The van der Waals surface area contributed by atoms with Gasteiger partial charge in [-0.1, -0.05) is 41.2 Å². The summed E-state index contributed by atoms with van der Waals surface area (Å²) in [6.07, 6.45) is 2.77. The van der Waals surface area contributed by atoms with Gasteiger partial charge >= 0.3 is 0 Å². The summed E-state index contributed by atoms with van der Waals surface area (Å²) in [5.74, 6) is -0.276. The molecule has 2 aromatic carbocycles. The zero-order valence-corrected chi connectivity index (χ0v) is 22.1. The Balaban J connectivity index is 1.54. The molecule has 1 aliphatic rings. The van der Waals surface area contributed by atoms with E-state index in [9.17, 15) is 13.2 Å². The highest BCUT2D eigenvalue weighted by molar-refractivity contribution is 7.89. The number of rotatable bonds is 6. The molecule has 1 amide bonds. The molecule has 5 rings (SSSR count). The number of carbonyl (C=O) groups excluding carboxylic acids is 1. The van der Waals surface area contributed by atoms with Crippen molar-refractivity contribution in [3.63, 3.8) is 0 Å². The van der Waals surface area contributed by atoms with E-state index in [0.717, 1.165) is 26.9 Å². The van der Waals surface area contributed by atoms with E-state index in [1.165, 1.54) is 15.6 Å². The molecule has 1 fully saturated rings. The third-order valence-corrected chi connectivity index (χ3v) is 9.62. The fourth-order valence-corrected chi connectivity index (χ4v) is 7.35. The Morgan fingerprint density at radius 1 is 1.08 bits per heavy atom. The molecule has 1 atom stereocenters. The first kappa shape index (κ1) is 24.5. The van der Waals surface area contributed by atoms with Crippen LogP contribution >= 0.6 is 11.3 Å². The van der Waals surface area contributed by atoms with E-state index in [1.807, 2.05) is 45.0 Å². The number of hydrogen-bond acceptors (Lipinski definition) is 6. The van der Waals surface area contributed by atoms with Gasteiger partial charge in [0, 0.05) is 12.7 Å². The van der Waals surface area contributed by atoms with E-state index in [2.05, 4.69) is 11.1 Å². The molecule has 4 aromatic rings. The van der Waals surface area contributed by atoms with Gasteiger partial charge in [0.05, 0.1) is 27.4 Å². The molecule has 0 saturated carbocycles. The first-order valence-corrected chi connectivity index (χ1v) is 14.2. The van der Waals surface area contributed by atoms with Crippen LogP contribution in [-0.4, -0.2) is 41.2 Å². The molecule has 36 heavy (non-hydrogen) atoms. The number of amides is 1. The van der Waals surface area contributed by atoms with E-state index >= 15 is 0 Å². The second-order valence-corrected chi connectivity index (χ2v) is 12.1. The number of anilines is 1. The predicted octanol–water partition coefficient (Wildman–Crippen LogP) is 5.00. The van der Waals surface area contributed by atoms with Gasteiger partial charge in [0.1, 0.15) is 6.04 Å². The lowest BCUT2D eigenvalue weighted by molar-refractivity contribution is -0.121. The summed E-state index contributed by atoms with van der Waals surface area (Å²) < 4.78 is 29.4. The van der Waals surface area contributed by atoms with Crippen LogP contribution in [0.4, 0.5) is 5.13 Å². The molecular weight excluding hydrogens is 492 g/mol. The fourth-order valence-electron chi connectivity index (χ4n) is 4.67. The van der Waals surface area contributed by atoms with Crippen molar-refractivity contribution in [3.05, 3.63) is 83.2 Å². The number of benzene rings is 2. The molecule has 1 saturated heterocycles. The Hall–Kier alpha value is -3.14.